The first-order chi connectivity index (χ1) is 15.7. The van der Waals surface area contributed by atoms with Crippen LogP contribution in [0.2, 0.25) is 0 Å². The summed E-state index contributed by atoms with van der Waals surface area (Å²) in [6.07, 6.45) is 0.850. The van der Waals surface area contributed by atoms with Crippen LogP contribution in [-0.2, 0) is 14.4 Å². The summed E-state index contributed by atoms with van der Waals surface area (Å²) in [4.78, 5) is 53.6. The van der Waals surface area contributed by atoms with E-state index in [1.165, 1.54) is 14.0 Å². The Morgan fingerprint density at radius 3 is 2.58 bits per heavy atom. The second-order valence-corrected chi connectivity index (χ2v) is 8.31. The van der Waals surface area contributed by atoms with Crippen molar-refractivity contribution in [3.8, 4) is 5.75 Å². The maximum atomic E-state index is 13.3. The summed E-state index contributed by atoms with van der Waals surface area (Å²) in [6.45, 7) is 3.38. The van der Waals surface area contributed by atoms with Gasteiger partial charge in [-0.25, -0.2) is 0 Å². The molecule has 9 heteroatoms. The van der Waals surface area contributed by atoms with Crippen LogP contribution in [0.3, 0.4) is 0 Å². The molecule has 172 valence electrons. The minimum atomic E-state index is -0.819. The lowest BCUT2D eigenvalue weighted by Crippen LogP contribution is -2.62. The fourth-order valence-corrected chi connectivity index (χ4v) is 4.52. The van der Waals surface area contributed by atoms with E-state index in [2.05, 4.69) is 10.6 Å². The van der Waals surface area contributed by atoms with Crippen molar-refractivity contribution in [1.82, 2.24) is 4.90 Å². The van der Waals surface area contributed by atoms with E-state index in [0.717, 1.165) is 0 Å². The smallest absolute Gasteiger partial charge is 0.257 e. The average Bonchev–Trinajstić information content (AvgIpc) is 3.09. The highest BCUT2D eigenvalue weighted by atomic mass is 16.5. The predicted molar refractivity (Wildman–Crippen MR) is 123 cm³/mol. The first-order valence-corrected chi connectivity index (χ1v) is 10.7. The fraction of sp³-hybridized carbons (Fsp3) is 0.333. The number of anilines is 3. The van der Waals surface area contributed by atoms with E-state index in [9.17, 15) is 19.2 Å². The zero-order chi connectivity index (χ0) is 23.8. The highest BCUT2D eigenvalue weighted by molar-refractivity contribution is 6.10. The van der Waals surface area contributed by atoms with E-state index >= 15 is 0 Å². The van der Waals surface area contributed by atoms with Gasteiger partial charge in [0.1, 0.15) is 11.4 Å². The first-order valence-electron chi connectivity index (χ1n) is 10.7. The van der Waals surface area contributed by atoms with E-state index in [1.54, 1.807) is 46.2 Å². The number of carbonyl (C=O) groups excluding carboxylic acids is 4. The Kier molecular flexibility index (Phi) is 5.80. The Labute approximate surface area is 191 Å². The Morgan fingerprint density at radius 2 is 1.85 bits per heavy atom. The molecule has 2 heterocycles. The molecular formula is C24H26N4O5. The number of nitrogens with zero attached hydrogens (tertiary/aromatic N) is 2. The average molecular weight is 450 g/mol. The van der Waals surface area contributed by atoms with Gasteiger partial charge in [0.05, 0.1) is 29.7 Å². The van der Waals surface area contributed by atoms with Gasteiger partial charge in [-0.05, 0) is 37.6 Å². The SMILES string of the molecule is COc1ccc(NC(C)=O)c(NC(=O)CCN2C(=O)c3ccccc3N3C(=O)CCC23C)c1. The summed E-state index contributed by atoms with van der Waals surface area (Å²) in [6, 6.07) is 12.0. The largest absolute Gasteiger partial charge is 0.497 e. The topological polar surface area (TPSA) is 108 Å². The normalized spacial score (nSPS) is 19.1. The van der Waals surface area contributed by atoms with Gasteiger partial charge in [-0.15, -0.1) is 0 Å². The molecular weight excluding hydrogens is 424 g/mol. The molecule has 0 aromatic heterocycles. The van der Waals surface area contributed by atoms with Crippen LogP contribution in [0.4, 0.5) is 17.1 Å². The summed E-state index contributed by atoms with van der Waals surface area (Å²) < 4.78 is 5.22. The molecule has 0 saturated carbocycles. The van der Waals surface area contributed by atoms with Gasteiger partial charge in [0.25, 0.3) is 5.91 Å². The molecule has 2 aliphatic heterocycles. The number of nitrogens with one attached hydrogen (secondary N) is 2. The highest BCUT2D eigenvalue weighted by Gasteiger charge is 2.52. The lowest BCUT2D eigenvalue weighted by molar-refractivity contribution is -0.118. The number of hydrogen-bond donors (Lipinski definition) is 2. The van der Waals surface area contributed by atoms with Crippen LogP contribution in [0.25, 0.3) is 0 Å². The first kappa shape index (κ1) is 22.3. The molecule has 4 rings (SSSR count). The van der Waals surface area contributed by atoms with E-state index in [0.29, 0.717) is 41.2 Å². The quantitative estimate of drug-likeness (QED) is 0.704. The van der Waals surface area contributed by atoms with Crippen molar-refractivity contribution < 1.29 is 23.9 Å². The lowest BCUT2D eigenvalue weighted by Gasteiger charge is -2.48. The van der Waals surface area contributed by atoms with Gasteiger partial charge >= 0.3 is 0 Å². The number of para-hydroxylation sites is 1. The van der Waals surface area contributed by atoms with Crippen molar-refractivity contribution in [1.29, 1.82) is 0 Å². The molecule has 9 nitrogen and oxygen atoms in total. The molecule has 0 bridgehead atoms. The molecule has 2 N–H and O–H groups in total. The minimum Gasteiger partial charge on any atom is -0.497 e. The molecule has 2 aromatic carbocycles. The Hall–Kier alpha value is -3.88. The van der Waals surface area contributed by atoms with Crippen LogP contribution in [0.1, 0.15) is 43.5 Å². The van der Waals surface area contributed by atoms with Gasteiger partial charge in [0.15, 0.2) is 0 Å². The maximum Gasteiger partial charge on any atom is 0.257 e. The van der Waals surface area contributed by atoms with Gasteiger partial charge in [-0.2, -0.15) is 0 Å². The monoisotopic (exact) mass is 450 g/mol. The van der Waals surface area contributed by atoms with Crippen LogP contribution in [0, 0.1) is 0 Å². The second kappa shape index (κ2) is 8.57. The Balaban J connectivity index is 1.54. The van der Waals surface area contributed by atoms with Gasteiger partial charge in [0, 0.05) is 32.4 Å². The van der Waals surface area contributed by atoms with Crippen LogP contribution in [0.5, 0.6) is 5.75 Å². The summed E-state index contributed by atoms with van der Waals surface area (Å²) in [5, 5.41) is 5.47. The molecule has 33 heavy (non-hydrogen) atoms. The van der Waals surface area contributed by atoms with Gasteiger partial charge < -0.3 is 20.3 Å². The number of fused-ring (bicyclic) bond motifs is 3. The van der Waals surface area contributed by atoms with Crippen molar-refractivity contribution >= 4 is 40.7 Å². The third kappa shape index (κ3) is 4.02. The Morgan fingerprint density at radius 1 is 1.09 bits per heavy atom. The maximum absolute atomic E-state index is 13.3. The molecule has 1 unspecified atom stereocenters. The van der Waals surface area contributed by atoms with E-state index in [-0.39, 0.29) is 36.6 Å². The van der Waals surface area contributed by atoms with Crippen LogP contribution in [0.15, 0.2) is 42.5 Å². The van der Waals surface area contributed by atoms with Crippen molar-refractivity contribution in [3.05, 3.63) is 48.0 Å². The van der Waals surface area contributed by atoms with Gasteiger partial charge in [0.2, 0.25) is 17.7 Å². The third-order valence-corrected chi connectivity index (χ3v) is 6.12. The van der Waals surface area contributed by atoms with Gasteiger partial charge in [-0.3, -0.25) is 24.1 Å². The van der Waals surface area contributed by atoms with Crippen LogP contribution >= 0.6 is 0 Å². The Bertz CT molecular complexity index is 1150. The molecule has 2 aromatic rings. The highest BCUT2D eigenvalue weighted by Crippen LogP contribution is 2.44. The van der Waals surface area contributed by atoms with Crippen molar-refractivity contribution in [2.45, 2.75) is 38.8 Å². The predicted octanol–water partition coefficient (Wildman–Crippen LogP) is 2.98. The molecule has 2 aliphatic rings. The molecule has 4 amide bonds. The van der Waals surface area contributed by atoms with E-state index in [4.69, 9.17) is 4.74 Å². The summed E-state index contributed by atoms with van der Waals surface area (Å²) in [5.74, 6) is -0.321. The van der Waals surface area contributed by atoms with Crippen molar-refractivity contribution in [2.24, 2.45) is 0 Å². The number of ether oxygens (including phenoxy) is 1. The van der Waals surface area contributed by atoms with Gasteiger partial charge in [-0.1, -0.05) is 12.1 Å². The number of methoxy groups -OCH3 is 1. The molecule has 1 atom stereocenters. The number of carbonyl (C=O) groups is 4. The summed E-state index contributed by atoms with van der Waals surface area (Å²) in [7, 11) is 1.51. The molecule has 0 radical (unpaired) electrons. The number of amides is 4. The third-order valence-electron chi connectivity index (χ3n) is 6.12. The summed E-state index contributed by atoms with van der Waals surface area (Å²) >= 11 is 0. The lowest BCUT2D eigenvalue weighted by atomic mass is 9.98. The standard InChI is InChI=1S/C24H26N4O5/c1-15(29)25-18-9-8-16(33-3)14-19(18)26-21(30)11-13-27-23(32)17-6-4-5-7-20(17)28-22(31)10-12-24(27,28)2/h4-9,14H,10-13H2,1-3H3,(H,25,29)(H,26,30). The molecule has 1 saturated heterocycles. The number of benzene rings is 2. The molecule has 1 fully saturated rings. The second-order valence-electron chi connectivity index (χ2n) is 8.31. The zero-order valence-corrected chi connectivity index (χ0v) is 18.8. The van der Waals surface area contributed by atoms with Crippen LogP contribution < -0.4 is 20.3 Å². The van der Waals surface area contributed by atoms with Crippen LogP contribution in [-0.4, -0.2) is 47.8 Å². The fourth-order valence-electron chi connectivity index (χ4n) is 4.52. The number of rotatable bonds is 6. The number of hydrogen-bond acceptors (Lipinski definition) is 5. The van der Waals surface area contributed by atoms with Crippen molar-refractivity contribution in [2.75, 3.05) is 29.2 Å². The van der Waals surface area contributed by atoms with E-state index < -0.39 is 5.66 Å². The molecule has 0 spiro atoms. The minimum absolute atomic E-state index is 0.0161. The van der Waals surface area contributed by atoms with E-state index in [1.807, 2.05) is 13.0 Å². The molecule has 0 aliphatic carbocycles. The zero-order valence-electron chi connectivity index (χ0n) is 18.8. The summed E-state index contributed by atoms with van der Waals surface area (Å²) in [5.41, 5.74) is 1.09. The van der Waals surface area contributed by atoms with Crippen molar-refractivity contribution in [3.63, 3.8) is 0 Å².